The van der Waals surface area contributed by atoms with Gasteiger partial charge >= 0.3 is 5.97 Å². The Kier molecular flexibility index (Phi) is 3.35. The molecule has 2 rings (SSSR count). The number of hydrogen-bond acceptors (Lipinski definition) is 4. The van der Waals surface area contributed by atoms with E-state index in [2.05, 4.69) is 14.7 Å². The molecule has 1 heterocycles. The zero-order chi connectivity index (χ0) is 12.3. The van der Waals surface area contributed by atoms with Crippen LogP contribution in [0.1, 0.15) is 10.6 Å². The van der Waals surface area contributed by atoms with Gasteiger partial charge in [-0.3, -0.25) is 0 Å². The lowest BCUT2D eigenvalue weighted by Crippen LogP contribution is -2.07. The average molecular weight is 249 g/mol. The minimum Gasteiger partial charge on any atom is -0.463 e. The molecule has 0 aliphatic rings. The number of hydrogen-bond donors (Lipinski definition) is 0. The van der Waals surface area contributed by atoms with Crippen LogP contribution in [0.25, 0.3) is 11.3 Å². The number of esters is 1. The van der Waals surface area contributed by atoms with Crippen molar-refractivity contribution in [3.05, 3.63) is 47.4 Å². The van der Waals surface area contributed by atoms with E-state index in [1.807, 2.05) is 12.1 Å². The summed E-state index contributed by atoms with van der Waals surface area (Å²) in [5.74, 6) is -0.513. The van der Waals surface area contributed by atoms with E-state index in [0.717, 1.165) is 5.56 Å². The molecule has 0 radical (unpaired) electrons. The smallest absolute Gasteiger partial charge is 0.376 e. The van der Waals surface area contributed by atoms with Gasteiger partial charge in [-0.25, -0.2) is 14.8 Å². The molecule has 1 aromatic heterocycles. The molecule has 0 bridgehead atoms. The largest absolute Gasteiger partial charge is 0.463 e. The van der Waals surface area contributed by atoms with Crippen molar-refractivity contribution in [2.45, 2.75) is 0 Å². The zero-order valence-corrected chi connectivity index (χ0v) is 9.81. The summed E-state index contributed by atoms with van der Waals surface area (Å²) < 4.78 is 4.56. The molecule has 5 heteroatoms. The van der Waals surface area contributed by atoms with Crippen molar-refractivity contribution in [2.24, 2.45) is 0 Å². The van der Waals surface area contributed by atoms with Gasteiger partial charge in [-0.05, 0) is 18.2 Å². The summed E-state index contributed by atoms with van der Waals surface area (Å²) in [6.45, 7) is 0. The molecule has 86 valence electrons. The van der Waals surface area contributed by atoms with Crippen molar-refractivity contribution in [2.75, 3.05) is 7.11 Å². The molecule has 0 atom stereocenters. The van der Waals surface area contributed by atoms with E-state index < -0.39 is 5.97 Å². The summed E-state index contributed by atoms with van der Waals surface area (Å²) in [5, 5.41) is 0.649. The van der Waals surface area contributed by atoms with Gasteiger partial charge in [0.25, 0.3) is 0 Å². The second-order valence-corrected chi connectivity index (χ2v) is 3.70. The highest BCUT2D eigenvalue weighted by molar-refractivity contribution is 6.30. The van der Waals surface area contributed by atoms with Gasteiger partial charge in [0.15, 0.2) is 0 Å². The molecule has 4 nitrogen and oxygen atoms in total. The lowest BCUT2D eigenvalue weighted by molar-refractivity contribution is 0.0587. The van der Waals surface area contributed by atoms with Crippen LogP contribution in [0.4, 0.5) is 0 Å². The Morgan fingerprint density at radius 2 is 1.94 bits per heavy atom. The molecule has 0 aliphatic heterocycles. The van der Waals surface area contributed by atoms with Gasteiger partial charge in [-0.1, -0.05) is 23.7 Å². The molecule has 1 aromatic carbocycles. The minimum atomic E-state index is -0.555. The van der Waals surface area contributed by atoms with Crippen LogP contribution in [0.5, 0.6) is 0 Å². The number of carbonyl (C=O) groups is 1. The molecular formula is C12H9ClN2O2. The van der Waals surface area contributed by atoms with Gasteiger partial charge < -0.3 is 4.74 Å². The Morgan fingerprint density at radius 1 is 1.24 bits per heavy atom. The van der Waals surface area contributed by atoms with E-state index in [1.165, 1.54) is 13.3 Å². The average Bonchev–Trinajstić information content (AvgIpc) is 2.39. The normalized spacial score (nSPS) is 10.0. The van der Waals surface area contributed by atoms with E-state index in [0.29, 0.717) is 10.7 Å². The second-order valence-electron chi connectivity index (χ2n) is 3.26. The molecule has 0 fully saturated rings. The van der Waals surface area contributed by atoms with Crippen LogP contribution in [0.2, 0.25) is 5.02 Å². The highest BCUT2D eigenvalue weighted by Gasteiger charge is 2.10. The first-order chi connectivity index (χ1) is 8.20. The van der Waals surface area contributed by atoms with Gasteiger partial charge in [0.2, 0.25) is 5.82 Å². The van der Waals surface area contributed by atoms with Crippen LogP contribution in [-0.4, -0.2) is 23.0 Å². The Bertz CT molecular complexity index is 540. The highest BCUT2D eigenvalue weighted by Crippen LogP contribution is 2.19. The van der Waals surface area contributed by atoms with Crippen LogP contribution in [0, 0.1) is 0 Å². The maximum Gasteiger partial charge on any atom is 0.376 e. The molecule has 17 heavy (non-hydrogen) atoms. The Morgan fingerprint density at radius 3 is 2.59 bits per heavy atom. The van der Waals surface area contributed by atoms with Gasteiger partial charge in [-0.15, -0.1) is 0 Å². The molecule has 0 N–H and O–H groups in total. The third-order valence-corrected chi connectivity index (χ3v) is 2.42. The first kappa shape index (κ1) is 11.5. The summed E-state index contributed by atoms with van der Waals surface area (Å²) in [6.07, 6.45) is 1.52. The number of ether oxygens (including phenoxy) is 1. The summed E-state index contributed by atoms with van der Waals surface area (Å²) in [5.41, 5.74) is 1.51. The maximum absolute atomic E-state index is 11.3. The number of halogens is 1. The predicted octanol–water partition coefficient (Wildman–Crippen LogP) is 2.58. The Hall–Kier alpha value is -1.94. The lowest BCUT2D eigenvalue weighted by atomic mass is 10.1. The fraction of sp³-hybridized carbons (Fsp3) is 0.0833. The van der Waals surface area contributed by atoms with Gasteiger partial charge in [0.05, 0.1) is 12.8 Å². The Balaban J connectivity index is 2.39. The number of benzene rings is 1. The number of rotatable bonds is 2. The molecule has 0 saturated heterocycles. The summed E-state index contributed by atoms with van der Waals surface area (Å²) in [6, 6.07) is 8.89. The Labute approximate surface area is 103 Å². The summed E-state index contributed by atoms with van der Waals surface area (Å²) in [4.78, 5) is 19.2. The summed E-state index contributed by atoms with van der Waals surface area (Å²) >= 11 is 5.80. The van der Waals surface area contributed by atoms with E-state index >= 15 is 0 Å². The summed E-state index contributed by atoms with van der Waals surface area (Å²) in [7, 11) is 1.29. The molecule has 0 spiro atoms. The highest BCUT2D eigenvalue weighted by atomic mass is 35.5. The third kappa shape index (κ3) is 2.60. The quantitative estimate of drug-likeness (QED) is 0.767. The first-order valence-corrected chi connectivity index (χ1v) is 5.26. The van der Waals surface area contributed by atoms with Crippen LogP contribution < -0.4 is 0 Å². The van der Waals surface area contributed by atoms with Crippen LogP contribution in [0.15, 0.2) is 36.5 Å². The fourth-order valence-corrected chi connectivity index (χ4v) is 1.46. The number of methoxy groups -OCH3 is 1. The zero-order valence-electron chi connectivity index (χ0n) is 9.05. The number of nitrogens with zero attached hydrogens (tertiary/aromatic N) is 2. The van der Waals surface area contributed by atoms with E-state index in [1.54, 1.807) is 18.2 Å². The SMILES string of the molecule is COC(=O)c1nccc(-c2ccc(Cl)cc2)n1. The lowest BCUT2D eigenvalue weighted by Gasteiger charge is -2.02. The van der Waals surface area contributed by atoms with Crippen molar-refractivity contribution >= 4 is 17.6 Å². The molecule has 0 aliphatic carbocycles. The standard InChI is InChI=1S/C12H9ClN2O2/c1-17-12(16)11-14-7-6-10(15-11)8-2-4-9(13)5-3-8/h2-7H,1H3. The minimum absolute atomic E-state index is 0.0416. The fourth-order valence-electron chi connectivity index (χ4n) is 1.33. The van der Waals surface area contributed by atoms with E-state index in [9.17, 15) is 4.79 Å². The van der Waals surface area contributed by atoms with Gasteiger partial charge in [0.1, 0.15) is 0 Å². The van der Waals surface area contributed by atoms with Crippen LogP contribution in [-0.2, 0) is 4.74 Å². The maximum atomic E-state index is 11.3. The molecule has 2 aromatic rings. The van der Waals surface area contributed by atoms with Crippen molar-refractivity contribution < 1.29 is 9.53 Å². The van der Waals surface area contributed by atoms with E-state index in [4.69, 9.17) is 11.6 Å². The molecular weight excluding hydrogens is 240 g/mol. The van der Waals surface area contributed by atoms with Crippen molar-refractivity contribution in [1.29, 1.82) is 0 Å². The van der Waals surface area contributed by atoms with Gasteiger partial charge in [-0.2, -0.15) is 0 Å². The van der Waals surface area contributed by atoms with Crippen LogP contribution >= 0.6 is 11.6 Å². The molecule has 0 unspecified atom stereocenters. The first-order valence-electron chi connectivity index (χ1n) is 4.88. The topological polar surface area (TPSA) is 52.1 Å². The van der Waals surface area contributed by atoms with Crippen LogP contribution in [0.3, 0.4) is 0 Å². The molecule has 0 saturated carbocycles. The van der Waals surface area contributed by atoms with Crippen molar-refractivity contribution in [1.82, 2.24) is 9.97 Å². The van der Waals surface area contributed by atoms with Gasteiger partial charge in [0, 0.05) is 16.8 Å². The second kappa shape index (κ2) is 4.93. The third-order valence-electron chi connectivity index (χ3n) is 2.16. The predicted molar refractivity (Wildman–Crippen MR) is 63.8 cm³/mol. The molecule has 0 amide bonds. The van der Waals surface area contributed by atoms with Crippen molar-refractivity contribution in [3.8, 4) is 11.3 Å². The van der Waals surface area contributed by atoms with Crippen molar-refractivity contribution in [3.63, 3.8) is 0 Å². The number of carbonyl (C=O) groups excluding carboxylic acids is 1. The van der Waals surface area contributed by atoms with E-state index in [-0.39, 0.29) is 5.82 Å². The number of aromatic nitrogens is 2. The monoisotopic (exact) mass is 248 g/mol.